The third-order valence-electron chi connectivity index (χ3n) is 2.53. The lowest BCUT2D eigenvalue weighted by molar-refractivity contribution is -0.147. The van der Waals surface area contributed by atoms with Crippen molar-refractivity contribution in [3.05, 3.63) is 0 Å². The minimum Gasteiger partial charge on any atom is -0.315 e. The van der Waals surface area contributed by atoms with Gasteiger partial charge in [-0.05, 0) is 33.4 Å². The second-order valence-corrected chi connectivity index (χ2v) is 4.63. The Morgan fingerprint density at radius 2 is 1.75 bits per heavy atom. The van der Waals surface area contributed by atoms with E-state index in [0.29, 0.717) is 6.04 Å². The summed E-state index contributed by atoms with van der Waals surface area (Å²) >= 11 is 0. The van der Waals surface area contributed by atoms with Gasteiger partial charge in [-0.1, -0.05) is 13.8 Å². The lowest BCUT2D eigenvalue weighted by atomic mass is 10.1. The van der Waals surface area contributed by atoms with Crippen LogP contribution in [0.25, 0.3) is 0 Å². The van der Waals surface area contributed by atoms with Crippen molar-refractivity contribution in [1.29, 1.82) is 0 Å². The largest absolute Gasteiger partial charge is 0.401 e. The molecule has 0 bridgehead atoms. The molecule has 0 rings (SSSR count). The molecule has 1 N–H and O–H groups in total. The first-order valence-corrected chi connectivity index (χ1v) is 5.72. The lowest BCUT2D eigenvalue weighted by Gasteiger charge is -2.25. The first-order valence-electron chi connectivity index (χ1n) is 5.72. The van der Waals surface area contributed by atoms with Gasteiger partial charge in [0, 0.05) is 12.1 Å². The zero-order chi connectivity index (χ0) is 12.8. The number of hydrogen-bond acceptors (Lipinski definition) is 2. The SMILES string of the molecule is CC(C)NCCCC(C)N(C)CC(F)(F)F. The molecule has 5 heteroatoms. The molecule has 0 radical (unpaired) electrons. The smallest absolute Gasteiger partial charge is 0.315 e. The van der Waals surface area contributed by atoms with Gasteiger partial charge in [-0.25, -0.2) is 0 Å². The average Bonchev–Trinajstić information content (AvgIpc) is 2.08. The molecule has 0 aliphatic carbocycles. The topological polar surface area (TPSA) is 15.3 Å². The Morgan fingerprint density at radius 3 is 2.19 bits per heavy atom. The summed E-state index contributed by atoms with van der Waals surface area (Å²) < 4.78 is 36.3. The van der Waals surface area contributed by atoms with Gasteiger partial charge in [-0.15, -0.1) is 0 Å². The molecule has 0 aliphatic heterocycles. The molecule has 1 unspecified atom stereocenters. The zero-order valence-corrected chi connectivity index (χ0v) is 10.6. The first kappa shape index (κ1) is 15.7. The van der Waals surface area contributed by atoms with Crippen molar-refractivity contribution in [2.75, 3.05) is 20.1 Å². The fourth-order valence-corrected chi connectivity index (χ4v) is 1.45. The van der Waals surface area contributed by atoms with Gasteiger partial charge in [0.2, 0.25) is 0 Å². The van der Waals surface area contributed by atoms with Crippen molar-refractivity contribution in [2.24, 2.45) is 0 Å². The highest BCUT2D eigenvalue weighted by molar-refractivity contribution is 4.67. The molecule has 0 saturated heterocycles. The highest BCUT2D eigenvalue weighted by atomic mass is 19.4. The van der Waals surface area contributed by atoms with Crippen LogP contribution in [0.5, 0.6) is 0 Å². The molecular weight excluding hydrogens is 217 g/mol. The Morgan fingerprint density at radius 1 is 1.19 bits per heavy atom. The molecule has 0 aromatic rings. The van der Waals surface area contributed by atoms with Crippen molar-refractivity contribution in [1.82, 2.24) is 10.2 Å². The molecule has 0 aromatic carbocycles. The predicted molar refractivity (Wildman–Crippen MR) is 60.5 cm³/mol. The van der Waals surface area contributed by atoms with Crippen molar-refractivity contribution in [3.8, 4) is 0 Å². The van der Waals surface area contributed by atoms with Crippen molar-refractivity contribution in [2.45, 2.75) is 51.9 Å². The maximum atomic E-state index is 12.1. The normalized spacial score (nSPS) is 14.8. The minimum atomic E-state index is -4.10. The number of alkyl halides is 3. The van der Waals surface area contributed by atoms with E-state index in [4.69, 9.17) is 0 Å². The maximum Gasteiger partial charge on any atom is 0.401 e. The van der Waals surface area contributed by atoms with Crippen molar-refractivity contribution >= 4 is 0 Å². The summed E-state index contributed by atoms with van der Waals surface area (Å²) in [4.78, 5) is 1.36. The monoisotopic (exact) mass is 240 g/mol. The van der Waals surface area contributed by atoms with E-state index in [-0.39, 0.29) is 6.04 Å². The number of rotatable bonds is 7. The van der Waals surface area contributed by atoms with Crippen LogP contribution >= 0.6 is 0 Å². The predicted octanol–water partition coefficient (Wildman–Crippen LogP) is 2.65. The summed E-state index contributed by atoms with van der Waals surface area (Å²) in [6, 6.07) is 0.402. The highest BCUT2D eigenvalue weighted by Gasteiger charge is 2.30. The summed E-state index contributed by atoms with van der Waals surface area (Å²) in [7, 11) is 1.52. The van der Waals surface area contributed by atoms with Crippen molar-refractivity contribution < 1.29 is 13.2 Å². The van der Waals surface area contributed by atoms with E-state index in [1.807, 2.05) is 6.92 Å². The molecular formula is C11H23F3N2. The number of hydrogen-bond donors (Lipinski definition) is 1. The van der Waals surface area contributed by atoms with Crippen LogP contribution in [-0.2, 0) is 0 Å². The zero-order valence-electron chi connectivity index (χ0n) is 10.6. The van der Waals surface area contributed by atoms with E-state index in [2.05, 4.69) is 19.2 Å². The molecule has 0 fully saturated rings. The Kier molecular flexibility index (Phi) is 6.99. The fourth-order valence-electron chi connectivity index (χ4n) is 1.45. The van der Waals surface area contributed by atoms with E-state index in [0.717, 1.165) is 19.4 Å². The fraction of sp³-hybridized carbons (Fsp3) is 1.00. The first-order chi connectivity index (χ1) is 7.22. The van der Waals surface area contributed by atoms with Crippen LogP contribution in [0.3, 0.4) is 0 Å². The van der Waals surface area contributed by atoms with E-state index < -0.39 is 12.7 Å². The summed E-state index contributed by atoms with van der Waals surface area (Å²) in [5.74, 6) is 0. The Labute approximate surface area is 96.2 Å². The van der Waals surface area contributed by atoms with E-state index in [1.54, 1.807) is 0 Å². The third kappa shape index (κ3) is 8.97. The van der Waals surface area contributed by atoms with Gasteiger partial charge in [-0.2, -0.15) is 13.2 Å². The quantitative estimate of drug-likeness (QED) is 0.688. The van der Waals surface area contributed by atoms with Crippen LogP contribution in [0.4, 0.5) is 13.2 Å². The van der Waals surface area contributed by atoms with Crippen LogP contribution in [0, 0.1) is 0 Å². The van der Waals surface area contributed by atoms with Crippen LogP contribution in [-0.4, -0.2) is 43.3 Å². The Bertz CT molecular complexity index is 181. The molecule has 0 aromatic heterocycles. The number of nitrogens with one attached hydrogen (secondary N) is 1. The number of nitrogens with zero attached hydrogens (tertiary/aromatic N) is 1. The summed E-state index contributed by atoms with van der Waals surface area (Å²) in [5, 5.41) is 3.25. The second kappa shape index (κ2) is 7.12. The van der Waals surface area contributed by atoms with Crippen LogP contribution in [0.15, 0.2) is 0 Å². The molecule has 16 heavy (non-hydrogen) atoms. The molecule has 0 spiro atoms. The van der Waals surface area contributed by atoms with Crippen LogP contribution < -0.4 is 5.32 Å². The molecule has 2 nitrogen and oxygen atoms in total. The van der Waals surface area contributed by atoms with E-state index >= 15 is 0 Å². The molecule has 0 amide bonds. The second-order valence-electron chi connectivity index (χ2n) is 4.63. The molecule has 0 heterocycles. The van der Waals surface area contributed by atoms with Gasteiger partial charge in [-0.3, -0.25) is 4.90 Å². The summed E-state index contributed by atoms with van der Waals surface area (Å²) in [5.41, 5.74) is 0. The average molecular weight is 240 g/mol. The van der Waals surface area contributed by atoms with Gasteiger partial charge >= 0.3 is 6.18 Å². The van der Waals surface area contributed by atoms with Crippen molar-refractivity contribution in [3.63, 3.8) is 0 Å². The van der Waals surface area contributed by atoms with E-state index in [9.17, 15) is 13.2 Å². The Hall–Kier alpha value is -0.290. The molecule has 0 aliphatic rings. The lowest BCUT2D eigenvalue weighted by Crippen LogP contribution is -2.37. The molecule has 1 atom stereocenters. The minimum absolute atomic E-state index is 0.0319. The van der Waals surface area contributed by atoms with Gasteiger partial charge < -0.3 is 5.32 Å². The van der Waals surface area contributed by atoms with Gasteiger partial charge in [0.15, 0.2) is 0 Å². The third-order valence-corrected chi connectivity index (χ3v) is 2.53. The van der Waals surface area contributed by atoms with E-state index in [1.165, 1.54) is 11.9 Å². The molecule has 98 valence electrons. The standard InChI is InChI=1S/C11H23F3N2/c1-9(2)15-7-5-6-10(3)16(4)8-11(12,13)14/h9-10,15H,5-8H2,1-4H3. The van der Waals surface area contributed by atoms with Crippen LogP contribution in [0.1, 0.15) is 33.6 Å². The highest BCUT2D eigenvalue weighted by Crippen LogP contribution is 2.17. The summed E-state index contributed by atoms with van der Waals surface area (Å²) in [6.07, 6.45) is -2.41. The van der Waals surface area contributed by atoms with Gasteiger partial charge in [0.25, 0.3) is 0 Å². The Balaban J connectivity index is 3.67. The van der Waals surface area contributed by atoms with Gasteiger partial charge in [0.1, 0.15) is 0 Å². The maximum absolute atomic E-state index is 12.1. The molecule has 0 saturated carbocycles. The van der Waals surface area contributed by atoms with Crippen LogP contribution in [0.2, 0.25) is 0 Å². The number of halogens is 3. The van der Waals surface area contributed by atoms with Gasteiger partial charge in [0.05, 0.1) is 6.54 Å². The summed E-state index contributed by atoms with van der Waals surface area (Å²) in [6.45, 7) is 5.98.